The Balaban J connectivity index is 1.61. The van der Waals surface area contributed by atoms with Crippen molar-refractivity contribution in [3.63, 3.8) is 0 Å². The number of nitrogens with one attached hydrogen (secondary N) is 1. The first-order chi connectivity index (χ1) is 16.2. The Labute approximate surface area is 196 Å². The number of hydrogen-bond acceptors (Lipinski definition) is 3. The molecule has 0 spiro atoms. The number of methoxy groups -OCH3 is 2. The Hall–Kier alpha value is -3.70. The van der Waals surface area contributed by atoms with E-state index in [1.807, 2.05) is 42.5 Å². The molecule has 0 unspecified atom stereocenters. The number of halogens is 1. The molecule has 2 aromatic heterocycles. The second-order valence-corrected chi connectivity index (χ2v) is 8.60. The summed E-state index contributed by atoms with van der Waals surface area (Å²) >= 11 is 6.18. The van der Waals surface area contributed by atoms with Crippen molar-refractivity contribution in [3.05, 3.63) is 77.3 Å². The maximum Gasteiger partial charge on any atom is 0.141 e. The van der Waals surface area contributed by atoms with Gasteiger partial charge in [-0.1, -0.05) is 23.7 Å². The number of ether oxygens (including phenoxy) is 2. The number of nitrogens with zero attached hydrogens (tertiary/aromatic N) is 2. The second kappa shape index (κ2) is 7.71. The highest BCUT2D eigenvalue weighted by Crippen LogP contribution is 2.43. The van der Waals surface area contributed by atoms with E-state index >= 15 is 0 Å². The number of aryl methyl sites for hydroxylation is 1. The molecule has 0 saturated heterocycles. The van der Waals surface area contributed by atoms with E-state index in [2.05, 4.69) is 33.8 Å². The van der Waals surface area contributed by atoms with Crippen LogP contribution in [0.25, 0.3) is 44.9 Å². The zero-order valence-electron chi connectivity index (χ0n) is 18.4. The Morgan fingerprint density at radius 2 is 1.58 bits per heavy atom. The molecular weight excluding hydrogens is 434 g/mol. The summed E-state index contributed by atoms with van der Waals surface area (Å²) in [5.74, 6) is 2.63. The van der Waals surface area contributed by atoms with Gasteiger partial charge in [0, 0.05) is 33.6 Å². The van der Waals surface area contributed by atoms with E-state index in [0.717, 1.165) is 64.0 Å². The maximum atomic E-state index is 6.18. The van der Waals surface area contributed by atoms with E-state index in [-0.39, 0.29) is 0 Å². The van der Waals surface area contributed by atoms with Gasteiger partial charge in [0.1, 0.15) is 17.3 Å². The number of aromatic nitrogens is 3. The van der Waals surface area contributed by atoms with Crippen LogP contribution in [0.5, 0.6) is 11.5 Å². The van der Waals surface area contributed by atoms with E-state index in [1.165, 1.54) is 10.9 Å². The lowest BCUT2D eigenvalue weighted by atomic mass is 9.99. The van der Waals surface area contributed by atoms with Gasteiger partial charge in [-0.15, -0.1) is 0 Å². The third-order valence-corrected chi connectivity index (χ3v) is 6.62. The van der Waals surface area contributed by atoms with Crippen LogP contribution in [0.1, 0.15) is 5.56 Å². The molecule has 0 radical (unpaired) electrons. The van der Waals surface area contributed by atoms with Crippen molar-refractivity contribution < 1.29 is 9.47 Å². The normalized spacial score (nSPS) is 12.5. The average Bonchev–Trinajstić information content (AvgIpc) is 3.43. The Bertz CT molecular complexity index is 1480. The highest BCUT2D eigenvalue weighted by atomic mass is 35.5. The number of imidazole rings is 1. The Morgan fingerprint density at radius 1 is 0.879 bits per heavy atom. The predicted molar refractivity (Wildman–Crippen MR) is 132 cm³/mol. The summed E-state index contributed by atoms with van der Waals surface area (Å²) in [5.41, 5.74) is 7.64. The Kier molecular flexibility index (Phi) is 4.66. The van der Waals surface area contributed by atoms with Crippen LogP contribution in [0.4, 0.5) is 0 Å². The van der Waals surface area contributed by atoms with Crippen LogP contribution in [0.15, 0.2) is 66.7 Å². The molecule has 0 fully saturated rings. The molecule has 0 aliphatic carbocycles. The molecule has 1 N–H and O–H groups in total. The fourth-order valence-corrected chi connectivity index (χ4v) is 4.86. The summed E-state index contributed by atoms with van der Waals surface area (Å²) in [6.07, 6.45) is 0.912. The SMILES string of the molecule is COc1ccc(-c2nc(-c3ccc(Cl)cc3)c3n2CCc2c-3[nH]c3ccc(OC)cc23)cc1. The average molecular weight is 456 g/mol. The van der Waals surface area contributed by atoms with Gasteiger partial charge < -0.3 is 19.0 Å². The monoisotopic (exact) mass is 455 g/mol. The van der Waals surface area contributed by atoms with Gasteiger partial charge in [-0.05, 0) is 66.6 Å². The van der Waals surface area contributed by atoms with Gasteiger partial charge in [-0.25, -0.2) is 4.98 Å². The number of fused-ring (bicyclic) bond motifs is 5. The fraction of sp³-hybridized carbons (Fsp3) is 0.148. The fourth-order valence-electron chi connectivity index (χ4n) is 4.73. The summed E-state index contributed by atoms with van der Waals surface area (Å²) in [6.45, 7) is 0.842. The number of hydrogen-bond donors (Lipinski definition) is 1. The van der Waals surface area contributed by atoms with Crippen molar-refractivity contribution in [2.24, 2.45) is 0 Å². The molecule has 3 heterocycles. The summed E-state index contributed by atoms with van der Waals surface area (Å²) in [4.78, 5) is 8.82. The molecule has 0 amide bonds. The minimum atomic E-state index is 0.709. The molecule has 5 aromatic rings. The van der Waals surface area contributed by atoms with E-state index in [4.69, 9.17) is 26.1 Å². The zero-order valence-corrected chi connectivity index (χ0v) is 19.1. The summed E-state index contributed by atoms with van der Waals surface area (Å²) < 4.78 is 13.2. The van der Waals surface area contributed by atoms with Crippen molar-refractivity contribution >= 4 is 22.5 Å². The van der Waals surface area contributed by atoms with Crippen LogP contribution in [0.3, 0.4) is 0 Å². The van der Waals surface area contributed by atoms with Crippen LogP contribution in [0, 0.1) is 0 Å². The van der Waals surface area contributed by atoms with Crippen LogP contribution in [-0.2, 0) is 13.0 Å². The van der Waals surface area contributed by atoms with Crippen molar-refractivity contribution in [1.29, 1.82) is 0 Å². The number of rotatable bonds is 4. The maximum absolute atomic E-state index is 6.18. The molecule has 3 aromatic carbocycles. The highest BCUT2D eigenvalue weighted by molar-refractivity contribution is 6.30. The molecule has 1 aliphatic heterocycles. The van der Waals surface area contributed by atoms with E-state index in [1.54, 1.807) is 14.2 Å². The number of aromatic amines is 1. The van der Waals surface area contributed by atoms with Crippen molar-refractivity contribution in [3.8, 4) is 45.5 Å². The first-order valence-electron chi connectivity index (χ1n) is 10.9. The lowest BCUT2D eigenvalue weighted by Gasteiger charge is -2.19. The lowest BCUT2D eigenvalue weighted by Crippen LogP contribution is -2.11. The van der Waals surface area contributed by atoms with Crippen LogP contribution < -0.4 is 9.47 Å². The molecular formula is C27H22ClN3O2. The van der Waals surface area contributed by atoms with Gasteiger partial charge in [-0.2, -0.15) is 0 Å². The molecule has 0 atom stereocenters. The molecule has 6 rings (SSSR count). The van der Waals surface area contributed by atoms with Crippen molar-refractivity contribution in [2.75, 3.05) is 14.2 Å². The topological polar surface area (TPSA) is 52.1 Å². The van der Waals surface area contributed by atoms with Gasteiger partial charge in [0.05, 0.1) is 31.3 Å². The summed E-state index contributed by atoms with van der Waals surface area (Å²) in [5, 5.41) is 1.91. The van der Waals surface area contributed by atoms with Gasteiger partial charge in [0.15, 0.2) is 0 Å². The van der Waals surface area contributed by atoms with Crippen LogP contribution >= 0.6 is 11.6 Å². The number of H-pyrrole nitrogens is 1. The molecule has 6 heteroatoms. The van der Waals surface area contributed by atoms with Crippen molar-refractivity contribution in [1.82, 2.24) is 14.5 Å². The van der Waals surface area contributed by atoms with Gasteiger partial charge in [0.25, 0.3) is 0 Å². The van der Waals surface area contributed by atoms with Gasteiger partial charge >= 0.3 is 0 Å². The molecule has 33 heavy (non-hydrogen) atoms. The predicted octanol–water partition coefficient (Wildman–Crippen LogP) is 6.59. The standard InChI is InChI=1S/C27H22ClN3O2/c1-32-19-9-5-17(6-10-19)27-30-24(16-3-7-18(28)8-4-16)26-25-21(13-14-31(26)27)22-15-20(33-2)11-12-23(22)29-25/h3-12,15,29H,13-14H2,1-2H3. The smallest absolute Gasteiger partial charge is 0.141 e. The summed E-state index contributed by atoms with van der Waals surface area (Å²) in [6, 6.07) is 22.1. The molecule has 1 aliphatic rings. The third-order valence-electron chi connectivity index (χ3n) is 6.37. The lowest BCUT2D eigenvalue weighted by molar-refractivity contribution is 0.415. The molecule has 0 bridgehead atoms. The van der Waals surface area contributed by atoms with Crippen molar-refractivity contribution in [2.45, 2.75) is 13.0 Å². The van der Waals surface area contributed by atoms with Gasteiger partial charge in [-0.3, -0.25) is 0 Å². The van der Waals surface area contributed by atoms with E-state index in [0.29, 0.717) is 5.02 Å². The minimum Gasteiger partial charge on any atom is -0.497 e. The molecule has 0 saturated carbocycles. The second-order valence-electron chi connectivity index (χ2n) is 8.16. The highest BCUT2D eigenvalue weighted by Gasteiger charge is 2.28. The van der Waals surface area contributed by atoms with Crippen LogP contribution in [-0.4, -0.2) is 28.8 Å². The molecule has 5 nitrogen and oxygen atoms in total. The number of benzene rings is 3. The quantitative estimate of drug-likeness (QED) is 0.332. The summed E-state index contributed by atoms with van der Waals surface area (Å²) in [7, 11) is 3.38. The minimum absolute atomic E-state index is 0.709. The molecule has 164 valence electrons. The zero-order chi connectivity index (χ0) is 22.5. The Morgan fingerprint density at radius 3 is 2.30 bits per heavy atom. The van der Waals surface area contributed by atoms with E-state index in [9.17, 15) is 0 Å². The first-order valence-corrected chi connectivity index (χ1v) is 11.2. The third kappa shape index (κ3) is 3.19. The largest absolute Gasteiger partial charge is 0.497 e. The van der Waals surface area contributed by atoms with Gasteiger partial charge in [0.2, 0.25) is 0 Å². The van der Waals surface area contributed by atoms with Crippen LogP contribution in [0.2, 0.25) is 5.02 Å². The first kappa shape index (κ1) is 19.9. The van der Waals surface area contributed by atoms with E-state index < -0.39 is 0 Å².